The predicted molar refractivity (Wildman–Crippen MR) is 102 cm³/mol. The lowest BCUT2D eigenvalue weighted by atomic mass is 9.85. The van der Waals surface area contributed by atoms with Gasteiger partial charge in [0.15, 0.2) is 0 Å². The Balaban J connectivity index is 1.44. The quantitative estimate of drug-likeness (QED) is 0.590. The highest BCUT2D eigenvalue weighted by molar-refractivity contribution is 6.31. The highest BCUT2D eigenvalue weighted by Crippen LogP contribution is 2.53. The van der Waals surface area contributed by atoms with Crippen LogP contribution in [-0.2, 0) is 16.2 Å². The van der Waals surface area contributed by atoms with Crippen molar-refractivity contribution in [3.05, 3.63) is 71.3 Å². The summed E-state index contributed by atoms with van der Waals surface area (Å²) >= 11 is 6.20. The second-order valence-electron chi connectivity index (χ2n) is 7.36. The normalized spacial score (nSPS) is 28.1. The number of ether oxygens (including phenoxy) is 1. The number of allylic oxidation sites excluding steroid dienone is 2. The van der Waals surface area contributed by atoms with Crippen LogP contribution >= 0.6 is 11.6 Å². The maximum atomic E-state index is 13.1. The molecule has 1 saturated carbocycles. The second-order valence-corrected chi connectivity index (χ2v) is 7.77. The Kier molecular flexibility index (Phi) is 3.83. The van der Waals surface area contributed by atoms with Crippen LogP contribution in [-0.4, -0.2) is 11.8 Å². The van der Waals surface area contributed by atoms with Crippen LogP contribution in [0.5, 0.6) is 5.75 Å². The zero-order valence-corrected chi connectivity index (χ0v) is 15.3. The van der Waals surface area contributed by atoms with Gasteiger partial charge in [0, 0.05) is 10.6 Å². The molecule has 3 aliphatic rings. The molecule has 4 unspecified atom stereocenters. The first-order chi connectivity index (χ1) is 13.1. The van der Waals surface area contributed by atoms with Gasteiger partial charge < -0.3 is 4.74 Å². The van der Waals surface area contributed by atoms with E-state index in [1.165, 1.54) is 4.90 Å². The van der Waals surface area contributed by atoms with Gasteiger partial charge in [0.2, 0.25) is 11.8 Å². The second kappa shape index (κ2) is 6.24. The number of hydrogen-bond donors (Lipinski definition) is 0. The number of imide groups is 1. The van der Waals surface area contributed by atoms with E-state index in [2.05, 4.69) is 12.2 Å². The van der Waals surface area contributed by atoms with Gasteiger partial charge in [0.25, 0.3) is 0 Å². The molecule has 4 nitrogen and oxygen atoms in total. The molecule has 0 spiro atoms. The topological polar surface area (TPSA) is 46.6 Å². The highest BCUT2D eigenvalue weighted by atomic mass is 35.5. The van der Waals surface area contributed by atoms with Crippen molar-refractivity contribution in [2.45, 2.75) is 13.0 Å². The number of carbonyl (C=O) groups excluding carboxylic acids is 2. The third kappa shape index (κ3) is 2.51. The molecule has 0 radical (unpaired) electrons. The number of nitrogens with zero attached hydrogens (tertiary/aromatic N) is 1. The summed E-state index contributed by atoms with van der Waals surface area (Å²) in [5.41, 5.74) is 1.38. The van der Waals surface area contributed by atoms with Crippen LogP contribution in [0.2, 0.25) is 5.02 Å². The first kappa shape index (κ1) is 16.6. The summed E-state index contributed by atoms with van der Waals surface area (Å²) in [6.07, 6.45) is 5.12. The van der Waals surface area contributed by atoms with Crippen molar-refractivity contribution in [1.82, 2.24) is 0 Å². The van der Waals surface area contributed by atoms with Gasteiger partial charge in [0.1, 0.15) is 12.4 Å². The molecule has 1 saturated heterocycles. The van der Waals surface area contributed by atoms with Crippen molar-refractivity contribution >= 4 is 29.1 Å². The van der Waals surface area contributed by atoms with Gasteiger partial charge in [-0.3, -0.25) is 9.59 Å². The first-order valence-electron chi connectivity index (χ1n) is 9.16. The van der Waals surface area contributed by atoms with Gasteiger partial charge in [-0.15, -0.1) is 0 Å². The van der Waals surface area contributed by atoms with Gasteiger partial charge in [0.05, 0.1) is 17.5 Å². The van der Waals surface area contributed by atoms with E-state index in [9.17, 15) is 9.59 Å². The maximum Gasteiger partial charge on any atom is 0.238 e. The Bertz CT molecular complexity index is 940. The lowest BCUT2D eigenvalue weighted by Gasteiger charge is -2.20. The average Bonchev–Trinajstić information content (AvgIpc) is 3.36. The van der Waals surface area contributed by atoms with E-state index in [0.717, 1.165) is 12.0 Å². The van der Waals surface area contributed by atoms with E-state index in [0.29, 0.717) is 16.5 Å². The zero-order chi connectivity index (χ0) is 18.5. The summed E-state index contributed by atoms with van der Waals surface area (Å²) in [6.45, 7) is 0.270. The van der Waals surface area contributed by atoms with Crippen molar-refractivity contribution in [3.8, 4) is 5.75 Å². The largest absolute Gasteiger partial charge is 0.487 e. The van der Waals surface area contributed by atoms with E-state index >= 15 is 0 Å². The van der Waals surface area contributed by atoms with Crippen molar-refractivity contribution in [2.24, 2.45) is 23.7 Å². The number of para-hydroxylation sites is 2. The molecular weight excluding hydrogens is 362 g/mol. The minimum Gasteiger partial charge on any atom is -0.487 e. The number of hydrogen-bond acceptors (Lipinski definition) is 3. The average molecular weight is 380 g/mol. The van der Waals surface area contributed by atoms with E-state index in [1.54, 1.807) is 12.1 Å². The van der Waals surface area contributed by atoms with Gasteiger partial charge in [-0.2, -0.15) is 0 Å². The van der Waals surface area contributed by atoms with E-state index < -0.39 is 0 Å². The molecule has 2 bridgehead atoms. The smallest absolute Gasteiger partial charge is 0.238 e. The predicted octanol–water partition coefficient (Wildman–Crippen LogP) is 4.23. The third-order valence-corrected chi connectivity index (χ3v) is 6.29. The Morgan fingerprint density at radius 3 is 2.26 bits per heavy atom. The number of rotatable bonds is 4. The molecule has 5 heteroatoms. The molecule has 27 heavy (non-hydrogen) atoms. The van der Waals surface area contributed by atoms with Crippen LogP contribution in [0.15, 0.2) is 60.7 Å². The molecule has 136 valence electrons. The molecule has 5 rings (SSSR count). The fourth-order valence-electron chi connectivity index (χ4n) is 4.67. The fourth-order valence-corrected chi connectivity index (χ4v) is 4.86. The van der Waals surface area contributed by atoms with Crippen LogP contribution in [0, 0.1) is 23.7 Å². The summed E-state index contributed by atoms with van der Waals surface area (Å²) < 4.78 is 5.96. The fraction of sp³-hybridized carbons (Fsp3) is 0.273. The van der Waals surface area contributed by atoms with Gasteiger partial charge in [-0.05, 0) is 36.5 Å². The standard InChI is InChI=1S/C22H18ClNO3/c23-16-6-2-1-5-15(16)12-27-18-8-4-3-7-17(18)24-21(25)19-13-9-10-14(11-13)20(19)22(24)26/h1-10,13-14,19-20H,11-12H2. The molecule has 2 aromatic rings. The number of benzene rings is 2. The number of fused-ring (bicyclic) bond motifs is 5. The van der Waals surface area contributed by atoms with Crippen molar-refractivity contribution < 1.29 is 14.3 Å². The Labute approximate surface area is 162 Å². The van der Waals surface area contributed by atoms with E-state index in [1.807, 2.05) is 36.4 Å². The third-order valence-electron chi connectivity index (χ3n) is 5.92. The van der Waals surface area contributed by atoms with Crippen LogP contribution in [0.25, 0.3) is 0 Å². The molecule has 1 heterocycles. The SMILES string of the molecule is O=C1C2C3C=CC(C3)C2C(=O)N1c1ccccc1OCc1ccccc1Cl. The summed E-state index contributed by atoms with van der Waals surface area (Å²) in [7, 11) is 0. The molecule has 1 aliphatic heterocycles. The van der Waals surface area contributed by atoms with Gasteiger partial charge >= 0.3 is 0 Å². The Morgan fingerprint density at radius 2 is 1.56 bits per heavy atom. The number of amides is 2. The minimum atomic E-state index is -0.218. The Hall–Kier alpha value is -2.59. The van der Waals surface area contributed by atoms with E-state index in [4.69, 9.17) is 16.3 Å². The van der Waals surface area contributed by atoms with Crippen molar-refractivity contribution in [2.75, 3.05) is 4.90 Å². The van der Waals surface area contributed by atoms with E-state index in [-0.39, 0.29) is 42.1 Å². The summed E-state index contributed by atoms with van der Waals surface area (Å²) in [4.78, 5) is 27.5. The Morgan fingerprint density at radius 1 is 0.926 bits per heavy atom. The molecule has 0 N–H and O–H groups in total. The highest BCUT2D eigenvalue weighted by Gasteiger charge is 2.59. The van der Waals surface area contributed by atoms with Crippen LogP contribution < -0.4 is 9.64 Å². The summed E-state index contributed by atoms with van der Waals surface area (Å²) in [5, 5.41) is 0.625. The summed E-state index contributed by atoms with van der Waals surface area (Å²) in [5.74, 6) is 0.259. The first-order valence-corrected chi connectivity index (χ1v) is 9.54. The van der Waals surface area contributed by atoms with Gasteiger partial charge in [-0.1, -0.05) is 54.1 Å². The lowest BCUT2D eigenvalue weighted by molar-refractivity contribution is -0.123. The van der Waals surface area contributed by atoms with Crippen LogP contribution in [0.3, 0.4) is 0 Å². The molecule has 2 aliphatic carbocycles. The van der Waals surface area contributed by atoms with Crippen molar-refractivity contribution in [3.63, 3.8) is 0 Å². The molecule has 2 fully saturated rings. The van der Waals surface area contributed by atoms with Crippen LogP contribution in [0.4, 0.5) is 5.69 Å². The maximum absolute atomic E-state index is 13.1. The van der Waals surface area contributed by atoms with Crippen molar-refractivity contribution in [1.29, 1.82) is 0 Å². The molecule has 2 aromatic carbocycles. The number of carbonyl (C=O) groups is 2. The molecule has 4 atom stereocenters. The lowest BCUT2D eigenvalue weighted by Crippen LogP contribution is -2.33. The molecular formula is C22H18ClNO3. The van der Waals surface area contributed by atoms with Gasteiger partial charge in [-0.25, -0.2) is 4.90 Å². The zero-order valence-electron chi connectivity index (χ0n) is 14.5. The molecule has 0 aromatic heterocycles. The molecule has 2 amide bonds. The summed E-state index contributed by atoms with van der Waals surface area (Å²) in [6, 6.07) is 14.7. The number of anilines is 1. The minimum absolute atomic E-state index is 0.101. The van der Waals surface area contributed by atoms with Crippen LogP contribution in [0.1, 0.15) is 12.0 Å². The number of halogens is 1. The monoisotopic (exact) mass is 379 g/mol.